The molecule has 1 amide bonds. The van der Waals surface area contributed by atoms with Crippen LogP contribution in [0.4, 0.5) is 10.1 Å². The molecule has 0 saturated carbocycles. The van der Waals surface area contributed by atoms with E-state index in [0.717, 1.165) is 5.56 Å². The van der Waals surface area contributed by atoms with Crippen LogP contribution in [0.25, 0.3) is 0 Å². The zero-order chi connectivity index (χ0) is 13.7. The van der Waals surface area contributed by atoms with Gasteiger partial charge in [0.2, 0.25) is 5.91 Å². The number of anilines is 1. The van der Waals surface area contributed by atoms with Crippen LogP contribution in [-0.2, 0) is 11.2 Å². The van der Waals surface area contributed by atoms with Crippen LogP contribution in [0.5, 0.6) is 0 Å². The van der Waals surface area contributed by atoms with Crippen LogP contribution in [0.3, 0.4) is 0 Å². The van der Waals surface area contributed by atoms with Crippen molar-refractivity contribution in [1.82, 2.24) is 0 Å². The SMILES string of the molecule is O=C(CCc1ccccc1Cl)Nc1ccc(F)cc1. The van der Waals surface area contributed by atoms with E-state index in [1.54, 1.807) is 6.07 Å². The molecule has 0 spiro atoms. The molecule has 0 radical (unpaired) electrons. The molecule has 19 heavy (non-hydrogen) atoms. The smallest absolute Gasteiger partial charge is 0.224 e. The van der Waals surface area contributed by atoms with Crippen LogP contribution in [0, 0.1) is 5.82 Å². The quantitative estimate of drug-likeness (QED) is 0.897. The van der Waals surface area contributed by atoms with E-state index in [0.29, 0.717) is 23.6 Å². The van der Waals surface area contributed by atoms with Gasteiger partial charge in [-0.3, -0.25) is 4.79 Å². The van der Waals surface area contributed by atoms with E-state index in [-0.39, 0.29) is 11.7 Å². The lowest BCUT2D eigenvalue weighted by Gasteiger charge is -2.06. The lowest BCUT2D eigenvalue weighted by atomic mass is 10.1. The zero-order valence-electron chi connectivity index (χ0n) is 10.2. The second-order valence-electron chi connectivity index (χ2n) is 4.15. The molecule has 2 aromatic rings. The summed E-state index contributed by atoms with van der Waals surface area (Å²) in [5.74, 6) is -0.444. The van der Waals surface area contributed by atoms with Crippen molar-refractivity contribution in [2.24, 2.45) is 0 Å². The number of hydrogen-bond donors (Lipinski definition) is 1. The van der Waals surface area contributed by atoms with Gasteiger partial charge in [-0.1, -0.05) is 29.8 Å². The highest BCUT2D eigenvalue weighted by atomic mass is 35.5. The Morgan fingerprint density at radius 2 is 1.79 bits per heavy atom. The molecule has 2 aromatic carbocycles. The number of aryl methyl sites for hydroxylation is 1. The van der Waals surface area contributed by atoms with Crippen LogP contribution in [0.2, 0.25) is 5.02 Å². The van der Waals surface area contributed by atoms with Crippen molar-refractivity contribution in [2.75, 3.05) is 5.32 Å². The van der Waals surface area contributed by atoms with Crippen molar-refractivity contribution in [3.05, 3.63) is 64.9 Å². The van der Waals surface area contributed by atoms with Crippen molar-refractivity contribution >= 4 is 23.2 Å². The van der Waals surface area contributed by atoms with Gasteiger partial charge in [0.05, 0.1) is 0 Å². The molecule has 98 valence electrons. The fourth-order valence-corrected chi connectivity index (χ4v) is 1.94. The number of amides is 1. The molecular formula is C15H13ClFNO. The molecule has 2 rings (SSSR count). The monoisotopic (exact) mass is 277 g/mol. The highest BCUT2D eigenvalue weighted by Crippen LogP contribution is 2.17. The molecule has 0 aromatic heterocycles. The first-order valence-electron chi connectivity index (χ1n) is 5.94. The lowest BCUT2D eigenvalue weighted by Crippen LogP contribution is -2.12. The Morgan fingerprint density at radius 1 is 1.11 bits per heavy atom. The van der Waals surface area contributed by atoms with Gasteiger partial charge >= 0.3 is 0 Å². The largest absolute Gasteiger partial charge is 0.326 e. The number of rotatable bonds is 4. The lowest BCUT2D eigenvalue weighted by molar-refractivity contribution is -0.116. The molecule has 0 saturated heterocycles. The van der Waals surface area contributed by atoms with Gasteiger partial charge in [0.1, 0.15) is 5.82 Å². The first-order chi connectivity index (χ1) is 9.15. The van der Waals surface area contributed by atoms with E-state index >= 15 is 0 Å². The van der Waals surface area contributed by atoms with Gasteiger partial charge in [-0.05, 0) is 42.3 Å². The molecule has 0 fully saturated rings. The second-order valence-corrected chi connectivity index (χ2v) is 4.55. The van der Waals surface area contributed by atoms with Crippen LogP contribution in [0.15, 0.2) is 48.5 Å². The molecule has 0 aliphatic heterocycles. The second kappa shape index (κ2) is 6.34. The molecule has 0 aliphatic carbocycles. The summed E-state index contributed by atoms with van der Waals surface area (Å²) in [6, 6.07) is 13.1. The molecule has 4 heteroatoms. The molecule has 1 N–H and O–H groups in total. The minimum Gasteiger partial charge on any atom is -0.326 e. The fraction of sp³-hybridized carbons (Fsp3) is 0.133. The van der Waals surface area contributed by atoms with Crippen molar-refractivity contribution < 1.29 is 9.18 Å². The summed E-state index contributed by atoms with van der Waals surface area (Å²) in [4.78, 5) is 11.7. The third kappa shape index (κ3) is 4.07. The molecule has 0 aliphatic rings. The standard InChI is InChI=1S/C15H13ClFNO/c16-14-4-2-1-3-11(14)5-10-15(19)18-13-8-6-12(17)7-9-13/h1-4,6-9H,5,10H2,(H,18,19). The first kappa shape index (κ1) is 13.6. The highest BCUT2D eigenvalue weighted by Gasteiger charge is 2.05. The third-order valence-electron chi connectivity index (χ3n) is 2.71. The van der Waals surface area contributed by atoms with Gasteiger partial charge in [-0.15, -0.1) is 0 Å². The van der Waals surface area contributed by atoms with Crippen molar-refractivity contribution in [3.63, 3.8) is 0 Å². The Hall–Kier alpha value is -1.87. The minimum atomic E-state index is -0.325. The summed E-state index contributed by atoms with van der Waals surface area (Å²) in [5, 5.41) is 3.37. The minimum absolute atomic E-state index is 0.119. The van der Waals surface area contributed by atoms with Gasteiger partial charge < -0.3 is 5.32 Å². The molecule has 2 nitrogen and oxygen atoms in total. The number of nitrogens with one attached hydrogen (secondary N) is 1. The van der Waals surface area contributed by atoms with E-state index in [2.05, 4.69) is 5.32 Å². The molecule has 0 heterocycles. The number of hydrogen-bond acceptors (Lipinski definition) is 1. The number of carbonyl (C=O) groups excluding carboxylic acids is 1. The Labute approximate surface area is 116 Å². The van der Waals surface area contributed by atoms with Gasteiger partial charge in [-0.2, -0.15) is 0 Å². The van der Waals surface area contributed by atoms with Crippen LogP contribution < -0.4 is 5.32 Å². The van der Waals surface area contributed by atoms with Gasteiger partial charge in [0.15, 0.2) is 0 Å². The number of carbonyl (C=O) groups is 1. The molecule has 0 bridgehead atoms. The Balaban J connectivity index is 1.88. The zero-order valence-corrected chi connectivity index (χ0v) is 11.0. The summed E-state index contributed by atoms with van der Waals surface area (Å²) in [6.07, 6.45) is 0.911. The van der Waals surface area contributed by atoms with Crippen molar-refractivity contribution in [2.45, 2.75) is 12.8 Å². The fourth-order valence-electron chi connectivity index (χ4n) is 1.71. The van der Waals surface area contributed by atoms with E-state index in [1.807, 2.05) is 18.2 Å². The Bertz CT molecular complexity index is 569. The highest BCUT2D eigenvalue weighted by molar-refractivity contribution is 6.31. The maximum absolute atomic E-state index is 12.7. The summed E-state index contributed by atoms with van der Waals surface area (Å²) < 4.78 is 12.7. The topological polar surface area (TPSA) is 29.1 Å². The van der Waals surface area contributed by atoms with Crippen LogP contribution in [-0.4, -0.2) is 5.91 Å². The Kier molecular flexibility index (Phi) is 4.53. The molecule has 0 unspecified atom stereocenters. The molecule has 0 atom stereocenters. The van der Waals surface area contributed by atoms with E-state index in [9.17, 15) is 9.18 Å². The van der Waals surface area contributed by atoms with Gasteiger partial charge in [0, 0.05) is 17.1 Å². The predicted molar refractivity (Wildman–Crippen MR) is 74.8 cm³/mol. The summed E-state index contributed by atoms with van der Waals surface area (Å²) >= 11 is 6.01. The Morgan fingerprint density at radius 3 is 2.47 bits per heavy atom. The average Bonchev–Trinajstić information content (AvgIpc) is 2.40. The molecular weight excluding hydrogens is 265 g/mol. The first-order valence-corrected chi connectivity index (χ1v) is 6.32. The normalized spacial score (nSPS) is 10.2. The predicted octanol–water partition coefficient (Wildman–Crippen LogP) is 4.05. The number of benzene rings is 2. The van der Waals surface area contributed by atoms with Crippen molar-refractivity contribution in [3.8, 4) is 0 Å². The van der Waals surface area contributed by atoms with Gasteiger partial charge in [-0.25, -0.2) is 4.39 Å². The van der Waals surface area contributed by atoms with Crippen molar-refractivity contribution in [1.29, 1.82) is 0 Å². The van der Waals surface area contributed by atoms with E-state index < -0.39 is 0 Å². The van der Waals surface area contributed by atoms with Crippen LogP contribution >= 0.6 is 11.6 Å². The summed E-state index contributed by atoms with van der Waals surface area (Å²) in [5.41, 5.74) is 1.53. The van der Waals surface area contributed by atoms with E-state index in [1.165, 1.54) is 24.3 Å². The number of halogens is 2. The average molecular weight is 278 g/mol. The van der Waals surface area contributed by atoms with Crippen LogP contribution in [0.1, 0.15) is 12.0 Å². The maximum atomic E-state index is 12.7. The third-order valence-corrected chi connectivity index (χ3v) is 3.08. The van der Waals surface area contributed by atoms with Gasteiger partial charge in [0.25, 0.3) is 0 Å². The maximum Gasteiger partial charge on any atom is 0.224 e. The summed E-state index contributed by atoms with van der Waals surface area (Å²) in [6.45, 7) is 0. The van der Waals surface area contributed by atoms with E-state index in [4.69, 9.17) is 11.6 Å². The summed E-state index contributed by atoms with van der Waals surface area (Å²) in [7, 11) is 0.